The predicted octanol–water partition coefficient (Wildman–Crippen LogP) is 3.13. The molecule has 2 rings (SSSR count). The summed E-state index contributed by atoms with van der Waals surface area (Å²) in [5, 5.41) is 19.6. The number of hydrogen-bond acceptors (Lipinski definition) is 5. The van der Waals surface area contributed by atoms with Gasteiger partial charge in [0.1, 0.15) is 6.61 Å². The summed E-state index contributed by atoms with van der Waals surface area (Å²) < 4.78 is 5.12. The van der Waals surface area contributed by atoms with E-state index < -0.39 is 10.9 Å². The van der Waals surface area contributed by atoms with Gasteiger partial charge in [-0.15, -0.1) is 0 Å². The number of nitro groups is 1. The summed E-state index contributed by atoms with van der Waals surface area (Å²) in [5.41, 5.74) is 1.74. The normalized spacial score (nSPS) is 9.82. The molecule has 6 nitrogen and oxygen atoms in total. The van der Waals surface area contributed by atoms with Gasteiger partial charge in [0.25, 0.3) is 5.69 Å². The maximum absolute atomic E-state index is 11.9. The number of ether oxygens (including phenoxy) is 1. The molecule has 0 unspecified atom stereocenters. The zero-order valence-corrected chi connectivity index (χ0v) is 11.8. The lowest BCUT2D eigenvalue weighted by atomic mass is 10.1. The van der Waals surface area contributed by atoms with E-state index >= 15 is 0 Å². The van der Waals surface area contributed by atoms with E-state index in [1.165, 1.54) is 18.2 Å². The molecule has 2 aromatic rings. The fourth-order valence-electron chi connectivity index (χ4n) is 1.84. The third kappa shape index (κ3) is 3.46. The van der Waals surface area contributed by atoms with E-state index in [4.69, 9.17) is 10.00 Å². The molecule has 2 aromatic carbocycles. The fourth-order valence-corrected chi connectivity index (χ4v) is 1.84. The molecule has 22 heavy (non-hydrogen) atoms. The first-order valence-corrected chi connectivity index (χ1v) is 6.42. The number of aryl methyl sites for hydroxylation is 1. The zero-order chi connectivity index (χ0) is 16.1. The van der Waals surface area contributed by atoms with Crippen molar-refractivity contribution < 1.29 is 14.5 Å². The first-order valence-electron chi connectivity index (χ1n) is 6.42. The minimum Gasteiger partial charge on any atom is -0.457 e. The Hall–Kier alpha value is -3.20. The molecule has 0 aliphatic carbocycles. The Labute approximate surface area is 126 Å². The van der Waals surface area contributed by atoms with Crippen LogP contribution in [-0.4, -0.2) is 10.9 Å². The van der Waals surface area contributed by atoms with Crippen molar-refractivity contribution in [3.8, 4) is 6.07 Å². The summed E-state index contributed by atoms with van der Waals surface area (Å²) in [6.07, 6.45) is 0. The third-order valence-corrected chi connectivity index (χ3v) is 3.09. The molecule has 0 aliphatic rings. The number of nitriles is 1. The average molecular weight is 296 g/mol. The highest BCUT2D eigenvalue weighted by Crippen LogP contribution is 2.20. The summed E-state index contributed by atoms with van der Waals surface area (Å²) in [4.78, 5) is 22.3. The third-order valence-electron chi connectivity index (χ3n) is 3.09. The Kier molecular flexibility index (Phi) is 4.49. The lowest BCUT2D eigenvalue weighted by molar-refractivity contribution is -0.385. The minimum atomic E-state index is -0.632. The highest BCUT2D eigenvalue weighted by molar-refractivity contribution is 5.90. The van der Waals surface area contributed by atoms with Gasteiger partial charge < -0.3 is 4.74 Å². The molecule has 6 heteroatoms. The van der Waals surface area contributed by atoms with Gasteiger partial charge in [-0.25, -0.2) is 4.79 Å². The number of carbonyl (C=O) groups is 1. The minimum absolute atomic E-state index is 0.0339. The molecule has 0 fully saturated rings. The van der Waals surface area contributed by atoms with Crippen molar-refractivity contribution in [2.75, 3.05) is 0 Å². The van der Waals surface area contributed by atoms with Gasteiger partial charge in [-0.05, 0) is 30.7 Å². The first kappa shape index (κ1) is 15.2. The zero-order valence-electron chi connectivity index (χ0n) is 11.8. The number of benzene rings is 2. The van der Waals surface area contributed by atoms with E-state index in [0.29, 0.717) is 11.1 Å². The van der Waals surface area contributed by atoms with Gasteiger partial charge >= 0.3 is 5.97 Å². The summed E-state index contributed by atoms with van der Waals surface area (Å²) in [6, 6.07) is 12.8. The number of carbonyl (C=O) groups excluding carboxylic acids is 1. The van der Waals surface area contributed by atoms with Crippen molar-refractivity contribution in [3.05, 3.63) is 74.8 Å². The Morgan fingerprint density at radius 1 is 1.27 bits per heavy atom. The van der Waals surface area contributed by atoms with Crippen LogP contribution in [0.25, 0.3) is 0 Å². The van der Waals surface area contributed by atoms with Gasteiger partial charge in [0.05, 0.1) is 22.1 Å². The largest absolute Gasteiger partial charge is 0.457 e. The molecule has 0 aromatic heterocycles. The molecule has 0 radical (unpaired) electrons. The molecular formula is C16H12N2O4. The summed E-state index contributed by atoms with van der Waals surface area (Å²) in [6.45, 7) is 1.64. The lowest BCUT2D eigenvalue weighted by Crippen LogP contribution is -2.06. The molecule has 0 aliphatic heterocycles. The highest BCUT2D eigenvalue weighted by Gasteiger charge is 2.15. The standard InChI is InChI=1S/C16H12N2O4/c1-11-2-7-14(8-15(11)18(20)21)16(19)22-10-13-5-3-12(9-17)4-6-13/h2-8H,10H2,1H3. The van der Waals surface area contributed by atoms with E-state index in [2.05, 4.69) is 0 Å². The van der Waals surface area contributed by atoms with Crippen molar-refractivity contribution in [1.82, 2.24) is 0 Å². The molecule has 0 N–H and O–H groups in total. The number of rotatable bonds is 4. The molecule has 0 saturated carbocycles. The second-order valence-corrected chi connectivity index (χ2v) is 4.64. The fraction of sp³-hybridized carbons (Fsp3) is 0.125. The second kappa shape index (κ2) is 6.50. The van der Waals surface area contributed by atoms with Crippen LogP contribution in [0, 0.1) is 28.4 Å². The molecule has 110 valence electrons. The van der Waals surface area contributed by atoms with E-state index in [9.17, 15) is 14.9 Å². The van der Waals surface area contributed by atoms with E-state index in [1.807, 2.05) is 6.07 Å². The predicted molar refractivity (Wildman–Crippen MR) is 78.1 cm³/mol. The number of hydrogen-bond donors (Lipinski definition) is 0. The molecule has 0 amide bonds. The van der Waals surface area contributed by atoms with Crippen LogP contribution in [0.3, 0.4) is 0 Å². The number of esters is 1. The Morgan fingerprint density at radius 3 is 2.55 bits per heavy atom. The van der Waals surface area contributed by atoms with Gasteiger partial charge in [-0.2, -0.15) is 5.26 Å². The monoisotopic (exact) mass is 296 g/mol. The second-order valence-electron chi connectivity index (χ2n) is 4.64. The Bertz CT molecular complexity index is 761. The van der Waals surface area contributed by atoms with Crippen LogP contribution in [0.5, 0.6) is 0 Å². The van der Waals surface area contributed by atoms with Crippen LogP contribution in [0.4, 0.5) is 5.69 Å². The average Bonchev–Trinajstić information content (AvgIpc) is 2.53. The van der Waals surface area contributed by atoms with Crippen LogP contribution >= 0.6 is 0 Å². The van der Waals surface area contributed by atoms with Crippen molar-refractivity contribution in [3.63, 3.8) is 0 Å². The van der Waals surface area contributed by atoms with Gasteiger partial charge in [0.2, 0.25) is 0 Å². The SMILES string of the molecule is Cc1ccc(C(=O)OCc2ccc(C#N)cc2)cc1[N+](=O)[O-]. The van der Waals surface area contributed by atoms with Crippen molar-refractivity contribution >= 4 is 11.7 Å². The Morgan fingerprint density at radius 2 is 1.95 bits per heavy atom. The maximum Gasteiger partial charge on any atom is 0.338 e. The molecule has 0 spiro atoms. The van der Waals surface area contributed by atoms with E-state index in [0.717, 1.165) is 5.56 Å². The van der Waals surface area contributed by atoms with Gasteiger partial charge in [-0.1, -0.05) is 18.2 Å². The Balaban J connectivity index is 2.07. The smallest absolute Gasteiger partial charge is 0.338 e. The number of nitro benzene ring substituents is 1. The van der Waals surface area contributed by atoms with Crippen molar-refractivity contribution in [1.29, 1.82) is 5.26 Å². The quantitative estimate of drug-likeness (QED) is 0.491. The molecule has 0 atom stereocenters. The van der Waals surface area contributed by atoms with Crippen LogP contribution < -0.4 is 0 Å². The van der Waals surface area contributed by atoms with Crippen LogP contribution in [0.15, 0.2) is 42.5 Å². The van der Waals surface area contributed by atoms with Crippen LogP contribution in [-0.2, 0) is 11.3 Å². The highest BCUT2D eigenvalue weighted by atomic mass is 16.6. The summed E-state index contributed by atoms with van der Waals surface area (Å²) >= 11 is 0. The van der Waals surface area contributed by atoms with Gasteiger partial charge in [-0.3, -0.25) is 10.1 Å². The molecule has 0 bridgehead atoms. The molecular weight excluding hydrogens is 284 g/mol. The summed E-state index contributed by atoms with van der Waals surface area (Å²) in [5.74, 6) is -0.632. The lowest BCUT2D eigenvalue weighted by Gasteiger charge is -2.06. The van der Waals surface area contributed by atoms with Gasteiger partial charge in [0.15, 0.2) is 0 Å². The van der Waals surface area contributed by atoms with Crippen molar-refractivity contribution in [2.24, 2.45) is 0 Å². The van der Waals surface area contributed by atoms with Crippen molar-refractivity contribution in [2.45, 2.75) is 13.5 Å². The topological polar surface area (TPSA) is 93.2 Å². The van der Waals surface area contributed by atoms with Crippen LogP contribution in [0.2, 0.25) is 0 Å². The maximum atomic E-state index is 11.9. The summed E-state index contributed by atoms with van der Waals surface area (Å²) in [7, 11) is 0. The number of nitrogens with zero attached hydrogens (tertiary/aromatic N) is 2. The first-order chi connectivity index (χ1) is 10.5. The molecule has 0 saturated heterocycles. The van der Waals surface area contributed by atoms with E-state index in [1.54, 1.807) is 31.2 Å². The van der Waals surface area contributed by atoms with Crippen LogP contribution in [0.1, 0.15) is 27.0 Å². The van der Waals surface area contributed by atoms with Gasteiger partial charge in [0, 0.05) is 11.6 Å². The molecule has 0 heterocycles. The van der Waals surface area contributed by atoms with E-state index in [-0.39, 0.29) is 17.9 Å².